The summed E-state index contributed by atoms with van der Waals surface area (Å²) in [6, 6.07) is 6.01. The fourth-order valence-electron chi connectivity index (χ4n) is 3.88. The Balaban J connectivity index is 1.50. The van der Waals surface area contributed by atoms with E-state index >= 15 is 0 Å². The molecule has 5 rings (SSSR count). The molecular formula is C20H22N8O2. The van der Waals surface area contributed by atoms with Gasteiger partial charge in [-0.15, -0.1) is 0 Å². The van der Waals surface area contributed by atoms with Crippen LogP contribution in [0, 0.1) is 6.92 Å². The molecule has 1 saturated heterocycles. The molecule has 1 aliphatic heterocycles. The summed E-state index contributed by atoms with van der Waals surface area (Å²) in [5.41, 5.74) is 4.13. The van der Waals surface area contributed by atoms with Crippen LogP contribution in [-0.2, 0) is 11.8 Å². The fraction of sp³-hybridized carbons (Fsp3) is 0.350. The molecule has 30 heavy (non-hydrogen) atoms. The monoisotopic (exact) mass is 406 g/mol. The lowest BCUT2D eigenvalue weighted by molar-refractivity contribution is 0.0695. The van der Waals surface area contributed by atoms with Gasteiger partial charge in [0.1, 0.15) is 11.8 Å². The molecule has 0 spiro atoms. The minimum Gasteiger partial charge on any atom is -0.381 e. The Bertz CT molecular complexity index is 1250. The van der Waals surface area contributed by atoms with Crippen molar-refractivity contribution in [3.8, 4) is 11.4 Å². The van der Waals surface area contributed by atoms with Crippen LogP contribution in [0.5, 0.6) is 0 Å². The van der Waals surface area contributed by atoms with Crippen molar-refractivity contribution in [2.75, 3.05) is 18.5 Å². The number of hydrogen-bond donors (Lipinski definition) is 2. The summed E-state index contributed by atoms with van der Waals surface area (Å²) in [5.74, 6) is 1.16. The summed E-state index contributed by atoms with van der Waals surface area (Å²) >= 11 is 0. The highest BCUT2D eigenvalue weighted by Crippen LogP contribution is 2.26. The number of imidazole rings is 1. The predicted molar refractivity (Wildman–Crippen MR) is 112 cm³/mol. The Labute approximate surface area is 172 Å². The van der Waals surface area contributed by atoms with E-state index in [1.807, 2.05) is 25.1 Å². The Hall–Kier alpha value is -3.53. The van der Waals surface area contributed by atoms with Crippen molar-refractivity contribution in [1.82, 2.24) is 34.3 Å². The third-order valence-corrected chi connectivity index (χ3v) is 5.55. The maximum Gasteiger partial charge on any atom is 0.330 e. The molecule has 154 valence electrons. The molecule has 0 atom stereocenters. The number of ether oxygens (including phenoxy) is 1. The van der Waals surface area contributed by atoms with Crippen LogP contribution in [0.15, 0.2) is 35.5 Å². The van der Waals surface area contributed by atoms with Crippen LogP contribution in [0.1, 0.15) is 24.4 Å². The molecule has 0 bridgehead atoms. The molecule has 3 aromatic heterocycles. The molecular weight excluding hydrogens is 384 g/mol. The Morgan fingerprint density at radius 1 is 1.23 bits per heavy atom. The van der Waals surface area contributed by atoms with E-state index in [1.54, 1.807) is 22.4 Å². The van der Waals surface area contributed by atoms with Crippen LogP contribution in [0.2, 0.25) is 0 Å². The molecule has 1 fully saturated rings. The molecule has 0 radical (unpaired) electrons. The average molecular weight is 406 g/mol. The summed E-state index contributed by atoms with van der Waals surface area (Å²) in [6.45, 7) is 3.31. The molecule has 4 aromatic rings. The predicted octanol–water partition coefficient (Wildman–Crippen LogP) is 2.32. The third-order valence-electron chi connectivity index (χ3n) is 5.55. The van der Waals surface area contributed by atoms with Gasteiger partial charge in [0.25, 0.3) is 0 Å². The minimum atomic E-state index is -0.0732. The van der Waals surface area contributed by atoms with E-state index in [1.165, 1.54) is 6.33 Å². The maximum absolute atomic E-state index is 12.8. The fourth-order valence-corrected chi connectivity index (χ4v) is 3.88. The maximum atomic E-state index is 12.8. The molecule has 0 unspecified atom stereocenters. The van der Waals surface area contributed by atoms with Gasteiger partial charge >= 0.3 is 5.69 Å². The summed E-state index contributed by atoms with van der Waals surface area (Å²) in [5, 5.41) is 10.0. The molecule has 2 N–H and O–H groups in total. The van der Waals surface area contributed by atoms with Crippen LogP contribution in [0.3, 0.4) is 0 Å². The van der Waals surface area contributed by atoms with Gasteiger partial charge in [-0.25, -0.2) is 14.8 Å². The zero-order valence-electron chi connectivity index (χ0n) is 16.8. The SMILES string of the molecule is Cc1cc(-c2ncn[nH]2)ccc1Nc1ncc2c(n1)n(C1CCOCC1)c(=O)n2C. The van der Waals surface area contributed by atoms with Gasteiger partial charge in [-0.05, 0) is 43.5 Å². The van der Waals surface area contributed by atoms with Crippen LogP contribution in [-0.4, -0.2) is 47.5 Å². The summed E-state index contributed by atoms with van der Waals surface area (Å²) in [4.78, 5) is 26.1. The highest BCUT2D eigenvalue weighted by Gasteiger charge is 2.23. The quantitative estimate of drug-likeness (QED) is 0.534. The van der Waals surface area contributed by atoms with E-state index in [-0.39, 0.29) is 11.7 Å². The van der Waals surface area contributed by atoms with Crippen LogP contribution >= 0.6 is 0 Å². The zero-order valence-corrected chi connectivity index (χ0v) is 16.8. The van der Waals surface area contributed by atoms with Crippen molar-refractivity contribution >= 4 is 22.8 Å². The number of fused-ring (bicyclic) bond motifs is 1. The van der Waals surface area contributed by atoms with Gasteiger partial charge in [-0.1, -0.05) is 0 Å². The van der Waals surface area contributed by atoms with Gasteiger partial charge in [0, 0.05) is 37.6 Å². The van der Waals surface area contributed by atoms with E-state index in [0.717, 1.165) is 35.2 Å². The number of rotatable bonds is 4. The summed E-state index contributed by atoms with van der Waals surface area (Å²) < 4.78 is 8.84. The number of aromatic nitrogens is 7. The number of nitrogens with one attached hydrogen (secondary N) is 2. The number of aromatic amines is 1. The first-order valence-corrected chi connectivity index (χ1v) is 9.87. The first-order valence-electron chi connectivity index (χ1n) is 9.87. The molecule has 0 saturated carbocycles. The van der Waals surface area contributed by atoms with E-state index < -0.39 is 0 Å². The highest BCUT2D eigenvalue weighted by molar-refractivity contribution is 5.73. The topological polar surface area (TPSA) is 116 Å². The highest BCUT2D eigenvalue weighted by atomic mass is 16.5. The first-order chi connectivity index (χ1) is 14.6. The second-order valence-electron chi connectivity index (χ2n) is 7.45. The normalized spacial score (nSPS) is 15.0. The smallest absolute Gasteiger partial charge is 0.330 e. The van der Waals surface area contributed by atoms with E-state index in [0.29, 0.717) is 30.6 Å². The Kier molecular flexibility index (Phi) is 4.55. The summed E-state index contributed by atoms with van der Waals surface area (Å²) in [7, 11) is 1.75. The van der Waals surface area contributed by atoms with Crippen molar-refractivity contribution in [1.29, 1.82) is 0 Å². The Morgan fingerprint density at radius 2 is 2.07 bits per heavy atom. The van der Waals surface area contributed by atoms with Crippen LogP contribution in [0.25, 0.3) is 22.6 Å². The lowest BCUT2D eigenvalue weighted by Gasteiger charge is -2.22. The van der Waals surface area contributed by atoms with Crippen molar-refractivity contribution in [2.24, 2.45) is 7.05 Å². The second-order valence-corrected chi connectivity index (χ2v) is 7.45. The molecule has 1 aliphatic rings. The number of aryl methyl sites for hydroxylation is 2. The largest absolute Gasteiger partial charge is 0.381 e. The van der Waals surface area contributed by atoms with Crippen molar-refractivity contribution < 1.29 is 4.74 Å². The van der Waals surface area contributed by atoms with Gasteiger partial charge < -0.3 is 10.1 Å². The number of hydrogen-bond acceptors (Lipinski definition) is 7. The number of anilines is 2. The first kappa shape index (κ1) is 18.5. The number of H-pyrrole nitrogens is 1. The molecule has 10 nitrogen and oxygen atoms in total. The van der Waals surface area contributed by atoms with E-state index in [4.69, 9.17) is 9.72 Å². The van der Waals surface area contributed by atoms with E-state index in [2.05, 4.69) is 25.5 Å². The standard InChI is InChI=1S/C20H22N8O2/c1-12-9-13(17-22-11-23-26-17)3-4-15(12)24-19-21-10-16-18(25-19)28(20(29)27(16)2)14-5-7-30-8-6-14/h3-4,9-11,14H,5-8H2,1-2H3,(H,21,24,25)(H,22,23,26). The van der Waals surface area contributed by atoms with Crippen molar-refractivity contribution in [2.45, 2.75) is 25.8 Å². The molecule has 1 aromatic carbocycles. The molecule has 10 heteroatoms. The van der Waals surface area contributed by atoms with Crippen molar-refractivity contribution in [3.63, 3.8) is 0 Å². The lowest BCUT2D eigenvalue weighted by Crippen LogP contribution is -2.30. The molecule has 0 amide bonds. The van der Waals surface area contributed by atoms with Gasteiger partial charge in [0.15, 0.2) is 11.5 Å². The van der Waals surface area contributed by atoms with Crippen LogP contribution < -0.4 is 11.0 Å². The average Bonchev–Trinajstić information content (AvgIpc) is 3.38. The lowest BCUT2D eigenvalue weighted by atomic mass is 10.1. The summed E-state index contributed by atoms with van der Waals surface area (Å²) in [6.07, 6.45) is 4.78. The number of benzene rings is 1. The number of nitrogens with zero attached hydrogens (tertiary/aromatic N) is 6. The van der Waals surface area contributed by atoms with Gasteiger partial charge in [0.2, 0.25) is 5.95 Å². The zero-order chi connectivity index (χ0) is 20.7. The third kappa shape index (κ3) is 3.14. The Morgan fingerprint density at radius 3 is 2.80 bits per heavy atom. The van der Waals surface area contributed by atoms with Gasteiger partial charge in [0.05, 0.1) is 6.20 Å². The minimum absolute atomic E-state index is 0.0732. The van der Waals surface area contributed by atoms with E-state index in [9.17, 15) is 4.79 Å². The van der Waals surface area contributed by atoms with Crippen LogP contribution in [0.4, 0.5) is 11.6 Å². The van der Waals surface area contributed by atoms with Crippen molar-refractivity contribution in [3.05, 3.63) is 46.8 Å². The van der Waals surface area contributed by atoms with Gasteiger partial charge in [-0.3, -0.25) is 14.2 Å². The second kappa shape index (κ2) is 7.38. The molecule has 0 aliphatic carbocycles. The van der Waals surface area contributed by atoms with Gasteiger partial charge in [-0.2, -0.15) is 10.1 Å². The molecule has 4 heterocycles.